The van der Waals surface area contributed by atoms with Crippen LogP contribution >= 0.6 is 23.5 Å². The zero-order valence-electron chi connectivity index (χ0n) is 12.9. The molecule has 0 radical (unpaired) electrons. The van der Waals surface area contributed by atoms with Crippen LogP contribution in [0, 0.1) is 11.8 Å². The largest absolute Gasteiger partial charge is 0.265 e. The van der Waals surface area contributed by atoms with E-state index in [1.54, 1.807) is 12.4 Å². The van der Waals surface area contributed by atoms with Crippen LogP contribution in [-0.4, -0.2) is 4.98 Å². The van der Waals surface area contributed by atoms with Crippen LogP contribution in [0.15, 0.2) is 78.0 Å². The van der Waals surface area contributed by atoms with Gasteiger partial charge in [0, 0.05) is 35.0 Å². The van der Waals surface area contributed by atoms with Crippen molar-refractivity contribution in [3.05, 3.63) is 94.8 Å². The number of pyridine rings is 1. The molecule has 4 heteroatoms. The van der Waals surface area contributed by atoms with Crippen LogP contribution in [0.2, 0.25) is 5.02 Å². The first-order valence-electron chi connectivity index (χ1n) is 7.46. The van der Waals surface area contributed by atoms with Gasteiger partial charge in [-0.05, 0) is 60.0 Å². The molecule has 118 valence electrons. The van der Waals surface area contributed by atoms with E-state index in [4.69, 9.17) is 11.6 Å². The van der Waals surface area contributed by atoms with E-state index in [2.05, 4.69) is 21.5 Å². The van der Waals surface area contributed by atoms with Gasteiger partial charge in [-0.15, -0.1) is 0 Å². The van der Waals surface area contributed by atoms with Crippen LogP contribution in [0.4, 0.5) is 0 Å². The van der Waals surface area contributed by atoms with Crippen LogP contribution < -0.4 is 4.72 Å². The zero-order chi connectivity index (χ0) is 16.6. The molecule has 0 atom stereocenters. The number of halogens is 1. The van der Waals surface area contributed by atoms with Crippen molar-refractivity contribution in [2.24, 2.45) is 0 Å². The highest BCUT2D eigenvalue weighted by atomic mass is 35.5. The van der Waals surface area contributed by atoms with E-state index in [1.165, 1.54) is 17.5 Å². The summed E-state index contributed by atoms with van der Waals surface area (Å²) < 4.78 is 3.30. The van der Waals surface area contributed by atoms with Crippen molar-refractivity contribution in [2.75, 3.05) is 0 Å². The van der Waals surface area contributed by atoms with Crippen LogP contribution in [-0.2, 0) is 6.54 Å². The third-order valence-corrected chi connectivity index (χ3v) is 4.55. The third-order valence-electron chi connectivity index (χ3n) is 3.26. The van der Waals surface area contributed by atoms with Gasteiger partial charge in [-0.3, -0.25) is 9.71 Å². The molecule has 0 amide bonds. The minimum atomic E-state index is 0.696. The first-order chi connectivity index (χ1) is 11.8. The Kier molecular flexibility index (Phi) is 5.92. The van der Waals surface area contributed by atoms with Gasteiger partial charge in [-0.2, -0.15) is 0 Å². The summed E-state index contributed by atoms with van der Waals surface area (Å²) in [5, 5.41) is 0.696. The minimum Gasteiger partial charge on any atom is -0.265 e. The molecule has 24 heavy (non-hydrogen) atoms. The Morgan fingerprint density at radius 1 is 0.917 bits per heavy atom. The summed E-state index contributed by atoms with van der Waals surface area (Å²) in [6, 6.07) is 19.7. The normalized spacial score (nSPS) is 10.0. The number of nitrogens with one attached hydrogen (secondary N) is 1. The van der Waals surface area contributed by atoms with Gasteiger partial charge in [0.25, 0.3) is 0 Å². The molecule has 1 N–H and O–H groups in total. The van der Waals surface area contributed by atoms with Gasteiger partial charge in [0.05, 0.1) is 5.02 Å². The summed E-state index contributed by atoms with van der Waals surface area (Å²) in [7, 11) is 0. The van der Waals surface area contributed by atoms with Gasteiger partial charge in [-0.25, -0.2) is 0 Å². The number of benzene rings is 2. The molecule has 0 saturated carbocycles. The molecular weight excluding hydrogens is 336 g/mol. The summed E-state index contributed by atoms with van der Waals surface area (Å²) in [4.78, 5) is 4.99. The predicted molar refractivity (Wildman–Crippen MR) is 101 cm³/mol. The molecular formula is C20H15ClN2S. The molecule has 0 unspecified atom stereocenters. The van der Waals surface area contributed by atoms with E-state index in [9.17, 15) is 0 Å². The predicted octanol–water partition coefficient (Wildman–Crippen LogP) is 4.93. The Balaban J connectivity index is 1.61. The van der Waals surface area contributed by atoms with E-state index in [0.717, 1.165) is 22.6 Å². The van der Waals surface area contributed by atoms with E-state index in [0.29, 0.717) is 5.02 Å². The van der Waals surface area contributed by atoms with E-state index < -0.39 is 0 Å². The summed E-state index contributed by atoms with van der Waals surface area (Å²) >= 11 is 7.87. The molecule has 3 aromatic rings. The molecule has 0 aliphatic carbocycles. The highest BCUT2D eigenvalue weighted by Gasteiger charge is 2.02. The first-order valence-corrected chi connectivity index (χ1v) is 8.66. The summed E-state index contributed by atoms with van der Waals surface area (Å²) in [5.41, 5.74) is 3.08. The van der Waals surface area contributed by atoms with Gasteiger partial charge in [-0.1, -0.05) is 41.6 Å². The molecule has 1 heterocycles. The van der Waals surface area contributed by atoms with Gasteiger partial charge >= 0.3 is 0 Å². The standard InChI is InChI=1S/C20H15ClN2S/c21-19-14-17(7-6-16-4-2-1-3-5-16)8-9-20(19)24-23-15-18-10-12-22-13-11-18/h1-5,8-14,23H,15H2. The number of rotatable bonds is 4. The Hall–Kier alpha value is -2.25. The smallest absolute Gasteiger partial charge is 0.0567 e. The van der Waals surface area contributed by atoms with Crippen molar-refractivity contribution in [3.8, 4) is 11.8 Å². The van der Waals surface area contributed by atoms with E-state index in [1.807, 2.05) is 60.7 Å². The lowest BCUT2D eigenvalue weighted by Gasteiger charge is -2.06. The number of nitrogens with zero attached hydrogens (tertiary/aromatic N) is 1. The van der Waals surface area contributed by atoms with Gasteiger partial charge in [0.2, 0.25) is 0 Å². The van der Waals surface area contributed by atoms with Crippen LogP contribution in [0.25, 0.3) is 0 Å². The lowest BCUT2D eigenvalue weighted by atomic mass is 10.2. The van der Waals surface area contributed by atoms with Gasteiger partial charge in [0.15, 0.2) is 0 Å². The summed E-state index contributed by atoms with van der Waals surface area (Å²) in [6.45, 7) is 0.749. The van der Waals surface area contributed by atoms with Crippen molar-refractivity contribution in [3.63, 3.8) is 0 Å². The average Bonchev–Trinajstić information content (AvgIpc) is 2.63. The second-order valence-electron chi connectivity index (χ2n) is 5.04. The van der Waals surface area contributed by atoms with E-state index in [-0.39, 0.29) is 0 Å². The topological polar surface area (TPSA) is 24.9 Å². The van der Waals surface area contributed by atoms with Crippen molar-refractivity contribution in [1.82, 2.24) is 9.71 Å². The second kappa shape index (κ2) is 8.56. The molecule has 0 bridgehead atoms. The maximum absolute atomic E-state index is 6.35. The van der Waals surface area contributed by atoms with Crippen LogP contribution in [0.1, 0.15) is 16.7 Å². The lowest BCUT2D eigenvalue weighted by Crippen LogP contribution is -2.03. The Bertz CT molecular complexity index is 855. The van der Waals surface area contributed by atoms with Crippen molar-refractivity contribution >= 4 is 23.5 Å². The van der Waals surface area contributed by atoms with Crippen LogP contribution in [0.5, 0.6) is 0 Å². The first kappa shape index (κ1) is 16.6. The fraction of sp³-hybridized carbons (Fsp3) is 0.0500. The summed E-state index contributed by atoms with van der Waals surface area (Å²) in [5.74, 6) is 6.28. The second-order valence-corrected chi connectivity index (χ2v) is 6.38. The van der Waals surface area contributed by atoms with Crippen molar-refractivity contribution < 1.29 is 0 Å². The SMILES string of the molecule is Clc1cc(C#Cc2ccccc2)ccc1SNCc1ccncc1. The Morgan fingerprint density at radius 3 is 2.42 bits per heavy atom. The highest BCUT2D eigenvalue weighted by Crippen LogP contribution is 2.26. The molecule has 1 aromatic heterocycles. The van der Waals surface area contributed by atoms with Crippen molar-refractivity contribution in [2.45, 2.75) is 11.4 Å². The number of hydrogen-bond donors (Lipinski definition) is 1. The Morgan fingerprint density at radius 2 is 1.67 bits per heavy atom. The third kappa shape index (κ3) is 4.87. The molecule has 2 nitrogen and oxygen atoms in total. The fourth-order valence-corrected chi connectivity index (χ4v) is 3.01. The molecule has 0 fully saturated rings. The zero-order valence-corrected chi connectivity index (χ0v) is 14.4. The van der Waals surface area contributed by atoms with Gasteiger partial charge in [0.1, 0.15) is 0 Å². The highest BCUT2D eigenvalue weighted by molar-refractivity contribution is 7.97. The van der Waals surface area contributed by atoms with Crippen LogP contribution in [0.3, 0.4) is 0 Å². The summed E-state index contributed by atoms with van der Waals surface area (Å²) in [6.07, 6.45) is 3.57. The molecule has 2 aromatic carbocycles. The maximum Gasteiger partial charge on any atom is 0.0567 e. The fourth-order valence-electron chi connectivity index (χ4n) is 2.02. The molecule has 0 spiro atoms. The number of hydrogen-bond acceptors (Lipinski definition) is 3. The average molecular weight is 351 g/mol. The quantitative estimate of drug-likeness (QED) is 0.533. The van der Waals surface area contributed by atoms with Crippen molar-refractivity contribution in [1.29, 1.82) is 0 Å². The molecule has 3 rings (SSSR count). The minimum absolute atomic E-state index is 0.696. The molecule has 0 saturated heterocycles. The monoisotopic (exact) mass is 350 g/mol. The van der Waals surface area contributed by atoms with Gasteiger partial charge < -0.3 is 0 Å². The number of aromatic nitrogens is 1. The molecule has 0 aliphatic rings. The maximum atomic E-state index is 6.35. The molecule has 0 aliphatic heterocycles. The lowest BCUT2D eigenvalue weighted by molar-refractivity contribution is 0.969. The van der Waals surface area contributed by atoms with E-state index >= 15 is 0 Å². The Labute approximate surface area is 151 Å².